The van der Waals surface area contributed by atoms with E-state index in [2.05, 4.69) is 10.3 Å². The number of halogens is 1. The summed E-state index contributed by atoms with van der Waals surface area (Å²) in [6.45, 7) is 1.87. The Bertz CT molecular complexity index is 1030. The van der Waals surface area contributed by atoms with Gasteiger partial charge in [-0.25, -0.2) is 17.8 Å². The van der Waals surface area contributed by atoms with Crippen LogP contribution >= 0.6 is 11.3 Å². The zero-order chi connectivity index (χ0) is 18.0. The summed E-state index contributed by atoms with van der Waals surface area (Å²) in [5.41, 5.74) is 1.54. The highest BCUT2D eigenvalue weighted by Crippen LogP contribution is 2.26. The number of hydrogen-bond donors (Lipinski definition) is 1. The molecule has 0 bridgehead atoms. The second kappa shape index (κ2) is 6.89. The first-order chi connectivity index (χ1) is 11.8. The number of fused-ring (bicyclic) bond motifs is 1. The van der Waals surface area contributed by atoms with E-state index in [1.165, 1.54) is 30.3 Å². The van der Waals surface area contributed by atoms with Gasteiger partial charge in [-0.1, -0.05) is 29.0 Å². The Morgan fingerprint density at radius 2 is 1.92 bits per heavy atom. The normalized spacial score (nSPS) is 11.6. The number of carbonyl (C=O) groups excluding carboxylic acids is 1. The minimum Gasteiger partial charge on any atom is -0.302 e. The van der Waals surface area contributed by atoms with Gasteiger partial charge in [0.2, 0.25) is 5.91 Å². The largest absolute Gasteiger partial charge is 0.302 e. The van der Waals surface area contributed by atoms with Crippen molar-refractivity contribution in [3.63, 3.8) is 0 Å². The molecule has 1 N–H and O–H groups in total. The first-order valence-corrected chi connectivity index (χ1v) is 9.96. The van der Waals surface area contributed by atoms with Crippen molar-refractivity contribution in [1.29, 1.82) is 0 Å². The van der Waals surface area contributed by atoms with Gasteiger partial charge in [-0.2, -0.15) is 0 Å². The van der Waals surface area contributed by atoms with Crippen molar-refractivity contribution in [2.75, 3.05) is 11.1 Å². The lowest BCUT2D eigenvalue weighted by atomic mass is 10.2. The Labute approximate surface area is 148 Å². The van der Waals surface area contributed by atoms with E-state index >= 15 is 0 Å². The number of amides is 1. The lowest BCUT2D eigenvalue weighted by Crippen LogP contribution is -2.17. The number of nitrogens with one attached hydrogen (secondary N) is 1. The van der Waals surface area contributed by atoms with Gasteiger partial charge in [0, 0.05) is 6.42 Å². The topological polar surface area (TPSA) is 76.1 Å². The lowest BCUT2D eigenvalue weighted by molar-refractivity contribution is -0.115. The van der Waals surface area contributed by atoms with Gasteiger partial charge in [0.05, 0.1) is 20.9 Å². The molecule has 0 aliphatic carbocycles. The molecule has 0 radical (unpaired) electrons. The van der Waals surface area contributed by atoms with E-state index < -0.39 is 15.7 Å². The number of sulfone groups is 1. The molecule has 0 saturated heterocycles. The van der Waals surface area contributed by atoms with Crippen LogP contribution < -0.4 is 5.32 Å². The number of anilines is 1. The smallest absolute Gasteiger partial charge is 0.227 e. The molecule has 5 nitrogen and oxygen atoms in total. The number of carbonyl (C=O) groups is 1. The van der Waals surface area contributed by atoms with Crippen LogP contribution in [-0.4, -0.2) is 25.1 Å². The van der Waals surface area contributed by atoms with Crippen LogP contribution in [0, 0.1) is 12.7 Å². The molecular weight excluding hydrogens is 363 g/mol. The standard InChI is InChI=1S/C17H15FN2O3S2/c1-11-2-5-13(6-3-11)25(22,23)9-8-16(21)20-17-19-14-7-4-12(18)10-15(14)24-17/h2-7,10H,8-9H2,1H3,(H,19,20,21). The van der Waals surface area contributed by atoms with Crippen LogP contribution in [0.1, 0.15) is 12.0 Å². The van der Waals surface area contributed by atoms with Gasteiger partial charge in [0.25, 0.3) is 0 Å². The number of rotatable bonds is 5. The minimum absolute atomic E-state index is 0.180. The lowest BCUT2D eigenvalue weighted by Gasteiger charge is -2.05. The van der Waals surface area contributed by atoms with E-state index in [0.29, 0.717) is 15.3 Å². The van der Waals surface area contributed by atoms with Crippen LogP contribution in [0.3, 0.4) is 0 Å². The summed E-state index contributed by atoms with van der Waals surface area (Å²) in [4.78, 5) is 16.4. The third-order valence-corrected chi connectivity index (χ3v) is 6.24. The third kappa shape index (κ3) is 4.21. The van der Waals surface area contributed by atoms with Crippen molar-refractivity contribution >= 4 is 42.4 Å². The molecule has 1 aromatic heterocycles. The van der Waals surface area contributed by atoms with Gasteiger partial charge in [-0.15, -0.1) is 0 Å². The van der Waals surface area contributed by atoms with Gasteiger partial charge in [-0.3, -0.25) is 4.79 Å². The summed E-state index contributed by atoms with van der Waals surface area (Å²) in [6, 6.07) is 10.7. The van der Waals surface area contributed by atoms with E-state index in [1.807, 2.05) is 6.92 Å². The molecule has 25 heavy (non-hydrogen) atoms. The number of aryl methyl sites for hydroxylation is 1. The maximum Gasteiger partial charge on any atom is 0.227 e. The number of hydrogen-bond acceptors (Lipinski definition) is 5. The minimum atomic E-state index is -3.52. The summed E-state index contributed by atoms with van der Waals surface area (Å²) in [7, 11) is -3.52. The molecule has 1 heterocycles. The molecule has 3 aromatic rings. The predicted molar refractivity (Wildman–Crippen MR) is 96.1 cm³/mol. The van der Waals surface area contributed by atoms with Crippen molar-refractivity contribution in [1.82, 2.24) is 4.98 Å². The first-order valence-electron chi connectivity index (χ1n) is 7.49. The van der Waals surface area contributed by atoms with Crippen molar-refractivity contribution in [3.05, 3.63) is 53.8 Å². The summed E-state index contributed by atoms with van der Waals surface area (Å²) in [5.74, 6) is -1.12. The van der Waals surface area contributed by atoms with Crippen LogP contribution in [0.5, 0.6) is 0 Å². The third-order valence-electron chi connectivity index (χ3n) is 3.57. The van der Waals surface area contributed by atoms with E-state index in [0.717, 1.165) is 16.9 Å². The average molecular weight is 378 g/mol. The maximum atomic E-state index is 13.2. The van der Waals surface area contributed by atoms with Crippen molar-refractivity contribution in [2.45, 2.75) is 18.2 Å². The Balaban J connectivity index is 1.64. The summed E-state index contributed by atoms with van der Waals surface area (Å²) in [6.07, 6.45) is -0.180. The fourth-order valence-electron chi connectivity index (χ4n) is 2.22. The molecule has 3 rings (SSSR count). The zero-order valence-corrected chi connectivity index (χ0v) is 15.0. The maximum absolute atomic E-state index is 13.2. The molecule has 0 unspecified atom stereocenters. The highest BCUT2D eigenvalue weighted by molar-refractivity contribution is 7.91. The van der Waals surface area contributed by atoms with Crippen LogP contribution in [-0.2, 0) is 14.6 Å². The molecule has 1 amide bonds. The monoisotopic (exact) mass is 378 g/mol. The van der Waals surface area contributed by atoms with Gasteiger partial charge < -0.3 is 5.32 Å². The Morgan fingerprint density at radius 3 is 2.64 bits per heavy atom. The second-order valence-electron chi connectivity index (χ2n) is 5.56. The molecule has 0 aliphatic heterocycles. The summed E-state index contributed by atoms with van der Waals surface area (Å²) >= 11 is 1.14. The molecule has 0 saturated carbocycles. The first kappa shape index (κ1) is 17.5. The molecule has 0 spiro atoms. The second-order valence-corrected chi connectivity index (χ2v) is 8.70. The van der Waals surface area contributed by atoms with Crippen molar-refractivity contribution in [2.24, 2.45) is 0 Å². The van der Waals surface area contributed by atoms with Crippen LogP contribution in [0.15, 0.2) is 47.4 Å². The van der Waals surface area contributed by atoms with Crippen molar-refractivity contribution < 1.29 is 17.6 Å². The Morgan fingerprint density at radius 1 is 1.20 bits per heavy atom. The van der Waals surface area contributed by atoms with Crippen molar-refractivity contribution in [3.8, 4) is 0 Å². The highest BCUT2D eigenvalue weighted by Gasteiger charge is 2.17. The van der Waals surface area contributed by atoms with Gasteiger partial charge >= 0.3 is 0 Å². The van der Waals surface area contributed by atoms with E-state index in [-0.39, 0.29) is 22.9 Å². The quantitative estimate of drug-likeness (QED) is 0.737. The summed E-state index contributed by atoms with van der Waals surface area (Å²) < 4.78 is 38.3. The van der Waals surface area contributed by atoms with E-state index in [4.69, 9.17) is 0 Å². The van der Waals surface area contributed by atoms with Crippen LogP contribution in [0.4, 0.5) is 9.52 Å². The van der Waals surface area contributed by atoms with Crippen LogP contribution in [0.25, 0.3) is 10.2 Å². The van der Waals surface area contributed by atoms with Gasteiger partial charge in [0.15, 0.2) is 15.0 Å². The molecule has 130 valence electrons. The van der Waals surface area contributed by atoms with Gasteiger partial charge in [-0.05, 0) is 37.3 Å². The van der Waals surface area contributed by atoms with Crippen LogP contribution in [0.2, 0.25) is 0 Å². The number of aromatic nitrogens is 1. The fourth-order valence-corrected chi connectivity index (χ4v) is 4.37. The SMILES string of the molecule is Cc1ccc(S(=O)(=O)CCC(=O)Nc2nc3ccc(F)cc3s2)cc1. The molecule has 0 atom stereocenters. The highest BCUT2D eigenvalue weighted by atomic mass is 32.2. The molecule has 0 aliphatic rings. The zero-order valence-electron chi connectivity index (χ0n) is 13.3. The molecular formula is C17H15FN2O3S2. The Kier molecular flexibility index (Phi) is 4.82. The number of nitrogens with zero attached hydrogens (tertiary/aromatic N) is 1. The molecule has 8 heteroatoms. The Hall–Kier alpha value is -2.32. The molecule has 2 aromatic carbocycles. The predicted octanol–water partition coefficient (Wildman–Crippen LogP) is 3.55. The number of benzene rings is 2. The van der Waals surface area contributed by atoms with E-state index in [9.17, 15) is 17.6 Å². The van der Waals surface area contributed by atoms with E-state index in [1.54, 1.807) is 12.1 Å². The summed E-state index contributed by atoms with van der Waals surface area (Å²) in [5, 5.41) is 2.88. The molecule has 0 fully saturated rings. The van der Waals surface area contributed by atoms with Gasteiger partial charge in [0.1, 0.15) is 5.82 Å². The number of thiazole rings is 1. The average Bonchev–Trinajstić information content (AvgIpc) is 2.94. The fraction of sp³-hybridized carbons (Fsp3) is 0.176.